The minimum atomic E-state index is -0.113. The standard InChI is InChI=1S/C26H34N4O3/c1-21-5-2-6-23(19-21)29-17-15-28(16-18-29)13-4-12-27-25(31)20-33-24-10-8-22(9-11-24)30-14-3-7-26(30)32/h2,5-6,8-11,19H,3-4,7,12-18,20H2,1H3,(H,27,31). The van der Waals surface area contributed by atoms with Crippen molar-refractivity contribution >= 4 is 23.2 Å². The van der Waals surface area contributed by atoms with E-state index in [1.165, 1.54) is 11.3 Å². The smallest absolute Gasteiger partial charge is 0.257 e. The molecule has 7 nitrogen and oxygen atoms in total. The summed E-state index contributed by atoms with van der Waals surface area (Å²) in [4.78, 5) is 30.6. The fourth-order valence-corrected chi connectivity index (χ4v) is 4.43. The van der Waals surface area contributed by atoms with E-state index in [1.54, 1.807) is 4.90 Å². The summed E-state index contributed by atoms with van der Waals surface area (Å²) in [6.45, 7) is 8.70. The zero-order valence-electron chi connectivity index (χ0n) is 19.5. The highest BCUT2D eigenvalue weighted by Crippen LogP contribution is 2.24. The molecule has 0 radical (unpaired) electrons. The highest BCUT2D eigenvalue weighted by Gasteiger charge is 2.21. The molecule has 4 rings (SSSR count). The van der Waals surface area contributed by atoms with Gasteiger partial charge < -0.3 is 19.9 Å². The van der Waals surface area contributed by atoms with Gasteiger partial charge in [-0.15, -0.1) is 0 Å². The Morgan fingerprint density at radius 3 is 2.48 bits per heavy atom. The number of carbonyl (C=O) groups is 2. The highest BCUT2D eigenvalue weighted by molar-refractivity contribution is 5.95. The third-order valence-corrected chi connectivity index (χ3v) is 6.30. The maximum Gasteiger partial charge on any atom is 0.257 e. The van der Waals surface area contributed by atoms with Crippen LogP contribution in [0.5, 0.6) is 5.75 Å². The van der Waals surface area contributed by atoms with Gasteiger partial charge in [-0.2, -0.15) is 0 Å². The lowest BCUT2D eigenvalue weighted by Crippen LogP contribution is -2.47. The molecule has 2 aliphatic rings. The van der Waals surface area contributed by atoms with Gasteiger partial charge >= 0.3 is 0 Å². The Bertz CT molecular complexity index is 939. The molecule has 2 aromatic rings. The Kier molecular flexibility index (Phi) is 7.83. The molecule has 0 saturated carbocycles. The lowest BCUT2D eigenvalue weighted by molar-refractivity contribution is -0.123. The van der Waals surface area contributed by atoms with Crippen LogP contribution in [0.3, 0.4) is 0 Å². The monoisotopic (exact) mass is 450 g/mol. The minimum Gasteiger partial charge on any atom is -0.484 e. The predicted molar refractivity (Wildman–Crippen MR) is 131 cm³/mol. The van der Waals surface area contributed by atoms with Gasteiger partial charge in [-0.05, 0) is 68.3 Å². The van der Waals surface area contributed by atoms with Crippen LogP contribution in [0.2, 0.25) is 0 Å². The Hall–Kier alpha value is -3.06. The summed E-state index contributed by atoms with van der Waals surface area (Å²) in [5.74, 6) is 0.682. The molecule has 2 aromatic carbocycles. The number of aryl methyl sites for hydroxylation is 1. The molecular formula is C26H34N4O3. The van der Waals surface area contributed by atoms with Gasteiger partial charge in [0.05, 0.1) is 0 Å². The van der Waals surface area contributed by atoms with E-state index >= 15 is 0 Å². The number of nitrogens with one attached hydrogen (secondary N) is 1. The summed E-state index contributed by atoms with van der Waals surface area (Å²) in [5, 5.41) is 2.94. The van der Waals surface area contributed by atoms with Crippen molar-refractivity contribution in [3.63, 3.8) is 0 Å². The molecular weight excluding hydrogens is 416 g/mol. The van der Waals surface area contributed by atoms with Crippen molar-refractivity contribution in [2.75, 3.05) is 62.2 Å². The van der Waals surface area contributed by atoms with Crippen molar-refractivity contribution in [2.24, 2.45) is 0 Å². The SMILES string of the molecule is Cc1cccc(N2CCN(CCCNC(=O)COc3ccc(N4CCCC4=O)cc3)CC2)c1. The number of nitrogens with zero attached hydrogens (tertiary/aromatic N) is 3. The largest absolute Gasteiger partial charge is 0.484 e. The molecule has 2 amide bonds. The fraction of sp³-hybridized carbons (Fsp3) is 0.462. The number of anilines is 2. The van der Waals surface area contributed by atoms with Gasteiger partial charge in [0.1, 0.15) is 5.75 Å². The van der Waals surface area contributed by atoms with Gasteiger partial charge in [-0.25, -0.2) is 0 Å². The predicted octanol–water partition coefficient (Wildman–Crippen LogP) is 2.83. The molecule has 0 atom stereocenters. The average Bonchev–Trinajstić information content (AvgIpc) is 3.27. The summed E-state index contributed by atoms with van der Waals surface area (Å²) in [6.07, 6.45) is 2.44. The van der Waals surface area contributed by atoms with Crippen LogP contribution in [0.1, 0.15) is 24.8 Å². The molecule has 33 heavy (non-hydrogen) atoms. The van der Waals surface area contributed by atoms with Crippen molar-refractivity contribution in [1.29, 1.82) is 0 Å². The van der Waals surface area contributed by atoms with Crippen molar-refractivity contribution in [2.45, 2.75) is 26.2 Å². The van der Waals surface area contributed by atoms with E-state index in [9.17, 15) is 9.59 Å². The number of hydrogen-bond donors (Lipinski definition) is 1. The lowest BCUT2D eigenvalue weighted by Gasteiger charge is -2.36. The maximum atomic E-state index is 12.1. The number of benzene rings is 2. The number of ether oxygens (including phenoxy) is 1. The third-order valence-electron chi connectivity index (χ3n) is 6.30. The van der Waals surface area contributed by atoms with Crippen molar-refractivity contribution in [1.82, 2.24) is 10.2 Å². The Balaban J connectivity index is 1.09. The average molecular weight is 451 g/mol. The van der Waals surface area contributed by atoms with Crippen molar-refractivity contribution in [3.05, 3.63) is 54.1 Å². The van der Waals surface area contributed by atoms with Gasteiger partial charge in [0.25, 0.3) is 5.91 Å². The molecule has 2 fully saturated rings. The molecule has 0 bridgehead atoms. The Labute approximate surface area is 196 Å². The quantitative estimate of drug-likeness (QED) is 0.595. The second kappa shape index (κ2) is 11.2. The molecule has 0 spiro atoms. The number of hydrogen-bond acceptors (Lipinski definition) is 5. The summed E-state index contributed by atoms with van der Waals surface area (Å²) < 4.78 is 5.59. The molecule has 0 unspecified atom stereocenters. The van der Waals surface area contributed by atoms with Gasteiger partial charge in [0.2, 0.25) is 5.91 Å². The molecule has 2 saturated heterocycles. The fourth-order valence-electron chi connectivity index (χ4n) is 4.43. The third kappa shape index (κ3) is 6.48. The minimum absolute atomic E-state index is 0.00282. The molecule has 2 aliphatic heterocycles. The molecule has 0 aromatic heterocycles. The highest BCUT2D eigenvalue weighted by atomic mass is 16.5. The summed E-state index contributed by atoms with van der Waals surface area (Å²) in [7, 11) is 0. The maximum absolute atomic E-state index is 12.1. The van der Waals surface area contributed by atoms with Gasteiger partial charge in [-0.3, -0.25) is 14.5 Å². The van der Waals surface area contributed by atoms with E-state index in [-0.39, 0.29) is 18.4 Å². The number of piperazine rings is 1. The summed E-state index contributed by atoms with van der Waals surface area (Å²) in [5.41, 5.74) is 3.49. The lowest BCUT2D eigenvalue weighted by atomic mass is 10.2. The first kappa shape index (κ1) is 23.1. The van der Waals surface area contributed by atoms with E-state index < -0.39 is 0 Å². The zero-order chi connectivity index (χ0) is 23.0. The molecule has 0 aliphatic carbocycles. The van der Waals surface area contributed by atoms with Crippen molar-refractivity contribution < 1.29 is 14.3 Å². The van der Waals surface area contributed by atoms with Crippen LogP contribution >= 0.6 is 0 Å². The first-order valence-electron chi connectivity index (χ1n) is 11.9. The van der Waals surface area contributed by atoms with E-state index in [1.807, 2.05) is 24.3 Å². The topological polar surface area (TPSA) is 65.1 Å². The Morgan fingerprint density at radius 1 is 1.00 bits per heavy atom. The second-order valence-electron chi connectivity index (χ2n) is 8.80. The molecule has 2 heterocycles. The van der Waals surface area contributed by atoms with Gasteiger partial charge in [-0.1, -0.05) is 12.1 Å². The van der Waals surface area contributed by atoms with Crippen molar-refractivity contribution in [3.8, 4) is 5.75 Å². The first-order valence-corrected chi connectivity index (χ1v) is 11.9. The summed E-state index contributed by atoms with van der Waals surface area (Å²) >= 11 is 0. The number of rotatable bonds is 9. The van der Waals surface area contributed by atoms with Crippen LogP contribution in [-0.2, 0) is 9.59 Å². The molecule has 1 N–H and O–H groups in total. The zero-order valence-corrected chi connectivity index (χ0v) is 19.5. The number of carbonyl (C=O) groups excluding carboxylic acids is 2. The molecule has 7 heteroatoms. The van der Waals surface area contributed by atoms with Crippen LogP contribution < -0.4 is 19.9 Å². The van der Waals surface area contributed by atoms with Gasteiger partial charge in [0, 0.05) is 57.1 Å². The first-order chi connectivity index (χ1) is 16.1. The van der Waals surface area contributed by atoms with Crippen LogP contribution in [0.4, 0.5) is 11.4 Å². The molecule has 176 valence electrons. The normalized spacial score (nSPS) is 16.8. The van der Waals surface area contributed by atoms with Crippen LogP contribution in [-0.4, -0.2) is 69.1 Å². The summed E-state index contributed by atoms with van der Waals surface area (Å²) in [6, 6.07) is 16.0. The Morgan fingerprint density at radius 2 is 1.79 bits per heavy atom. The van der Waals surface area contributed by atoms with E-state index in [4.69, 9.17) is 4.74 Å². The van der Waals surface area contributed by atoms with E-state index in [2.05, 4.69) is 46.3 Å². The van der Waals surface area contributed by atoms with Crippen LogP contribution in [0.15, 0.2) is 48.5 Å². The van der Waals surface area contributed by atoms with E-state index in [0.717, 1.165) is 57.8 Å². The van der Waals surface area contributed by atoms with Crippen LogP contribution in [0, 0.1) is 6.92 Å². The second-order valence-corrected chi connectivity index (χ2v) is 8.80. The van der Waals surface area contributed by atoms with E-state index in [0.29, 0.717) is 18.7 Å². The van der Waals surface area contributed by atoms with Gasteiger partial charge in [0.15, 0.2) is 6.61 Å². The van der Waals surface area contributed by atoms with Crippen LogP contribution in [0.25, 0.3) is 0 Å². The number of amides is 2.